The van der Waals surface area contributed by atoms with E-state index in [4.69, 9.17) is 23.5 Å². The van der Waals surface area contributed by atoms with E-state index < -0.39 is 23.9 Å². The minimum atomic E-state index is -0.960. The van der Waals surface area contributed by atoms with E-state index in [9.17, 15) is 14.7 Å². The number of carboxylic acids is 1. The molecule has 2 aromatic carbocycles. The van der Waals surface area contributed by atoms with Gasteiger partial charge in [0.2, 0.25) is 12.6 Å². The lowest BCUT2D eigenvalue weighted by molar-refractivity contribution is -0.141. The molecule has 2 atom stereocenters. The van der Waals surface area contributed by atoms with Crippen molar-refractivity contribution in [3.8, 4) is 28.7 Å². The molecule has 194 valence electrons. The van der Waals surface area contributed by atoms with Crippen LogP contribution in [0.25, 0.3) is 11.5 Å². The molecule has 0 saturated carbocycles. The maximum atomic E-state index is 12.4. The molecule has 1 fully saturated rings. The maximum absolute atomic E-state index is 12.4. The zero-order valence-electron chi connectivity index (χ0n) is 20.5. The van der Waals surface area contributed by atoms with Crippen LogP contribution in [0, 0.1) is 11.8 Å². The number of aromatic nitrogens is 2. The zero-order valence-corrected chi connectivity index (χ0v) is 20.5. The number of benzene rings is 2. The Morgan fingerprint density at radius 1 is 1.14 bits per heavy atom. The summed E-state index contributed by atoms with van der Waals surface area (Å²) >= 11 is 0. The van der Waals surface area contributed by atoms with E-state index in [-0.39, 0.29) is 39.0 Å². The molecule has 1 saturated heterocycles. The van der Waals surface area contributed by atoms with Crippen LogP contribution in [0.5, 0.6) is 17.2 Å². The molecule has 3 heterocycles. The molecule has 11 nitrogen and oxygen atoms in total. The third-order valence-corrected chi connectivity index (χ3v) is 6.18. The van der Waals surface area contributed by atoms with E-state index in [1.165, 1.54) is 4.90 Å². The summed E-state index contributed by atoms with van der Waals surface area (Å²) in [4.78, 5) is 30.2. The van der Waals surface area contributed by atoms with Gasteiger partial charge in [0.05, 0.1) is 12.5 Å². The highest BCUT2D eigenvalue weighted by Crippen LogP contribution is 2.36. The molecule has 5 rings (SSSR count). The van der Waals surface area contributed by atoms with Crippen LogP contribution in [0.15, 0.2) is 47.0 Å². The predicted octanol–water partition coefficient (Wildman–Crippen LogP) is 3.94. The van der Waals surface area contributed by atoms with Gasteiger partial charge in [-0.1, -0.05) is 31.1 Å². The Morgan fingerprint density at radius 3 is 2.78 bits per heavy atom. The van der Waals surface area contributed by atoms with Crippen LogP contribution in [0.4, 0.5) is 4.79 Å². The molecule has 11 heteroatoms. The molecule has 1 aromatic heterocycles. The Kier molecular flexibility index (Phi) is 6.85. The first-order chi connectivity index (χ1) is 17.9. The minimum absolute atomic E-state index is 0.0538. The van der Waals surface area contributed by atoms with Crippen LogP contribution < -0.4 is 14.2 Å². The van der Waals surface area contributed by atoms with Gasteiger partial charge in [0, 0.05) is 24.6 Å². The number of aliphatic carboxylic acids is 1. The van der Waals surface area contributed by atoms with Crippen molar-refractivity contribution in [2.24, 2.45) is 11.8 Å². The lowest BCUT2D eigenvalue weighted by Gasteiger charge is -2.17. The van der Waals surface area contributed by atoms with Crippen LogP contribution in [0.2, 0.25) is 0 Å². The number of carbonyl (C=O) groups excluding carboxylic acids is 1. The van der Waals surface area contributed by atoms with Gasteiger partial charge in [0.15, 0.2) is 18.1 Å². The van der Waals surface area contributed by atoms with Crippen LogP contribution in [-0.2, 0) is 16.1 Å². The van der Waals surface area contributed by atoms with Gasteiger partial charge < -0.3 is 33.5 Å². The summed E-state index contributed by atoms with van der Waals surface area (Å²) in [5, 5.41) is 13.8. The number of likely N-dealkylation sites (tertiary alicyclic amines) is 1. The highest BCUT2D eigenvalue weighted by atomic mass is 16.7. The van der Waals surface area contributed by atoms with Crippen molar-refractivity contribution in [3.05, 3.63) is 53.9 Å². The van der Waals surface area contributed by atoms with Gasteiger partial charge in [-0.3, -0.25) is 4.79 Å². The van der Waals surface area contributed by atoms with E-state index in [0.29, 0.717) is 34.5 Å². The fraction of sp³-hybridized carbons (Fsp3) is 0.385. The first kappa shape index (κ1) is 24.4. The number of amides is 1. The SMILES string of the molecule is CC(C)COC(=O)N1CC(C(=O)O)[C@H](c2cccc(OCc3noc(-c4ccc5c(c4)OCO5)n3)c2)C1. The topological polar surface area (TPSA) is 133 Å². The van der Waals surface area contributed by atoms with E-state index in [1.807, 2.05) is 19.9 Å². The highest BCUT2D eigenvalue weighted by molar-refractivity contribution is 5.75. The van der Waals surface area contributed by atoms with E-state index in [1.54, 1.807) is 36.4 Å². The summed E-state index contributed by atoms with van der Waals surface area (Å²) in [6, 6.07) is 12.5. The van der Waals surface area contributed by atoms with Crippen LogP contribution in [-0.4, -0.2) is 58.7 Å². The fourth-order valence-corrected chi connectivity index (χ4v) is 4.31. The van der Waals surface area contributed by atoms with Crippen molar-refractivity contribution in [1.29, 1.82) is 0 Å². The van der Waals surface area contributed by atoms with Gasteiger partial charge in [-0.15, -0.1) is 0 Å². The van der Waals surface area contributed by atoms with Gasteiger partial charge in [-0.2, -0.15) is 4.98 Å². The summed E-state index contributed by atoms with van der Waals surface area (Å²) in [7, 11) is 0. The van der Waals surface area contributed by atoms with Crippen molar-refractivity contribution >= 4 is 12.1 Å². The second-order valence-corrected chi connectivity index (χ2v) is 9.37. The molecule has 1 amide bonds. The zero-order chi connectivity index (χ0) is 25.9. The average Bonchev–Trinajstić information content (AvgIpc) is 3.65. The number of carboxylic acid groups (broad SMARTS) is 1. The van der Waals surface area contributed by atoms with Crippen molar-refractivity contribution in [3.63, 3.8) is 0 Å². The number of rotatable bonds is 8. The molecular formula is C26H27N3O8. The molecule has 0 radical (unpaired) electrons. The second kappa shape index (κ2) is 10.4. The Balaban J connectivity index is 1.24. The lowest BCUT2D eigenvalue weighted by atomic mass is 9.89. The van der Waals surface area contributed by atoms with E-state index >= 15 is 0 Å². The molecule has 2 aliphatic heterocycles. The van der Waals surface area contributed by atoms with Gasteiger partial charge in [-0.05, 0) is 41.8 Å². The molecular weight excluding hydrogens is 482 g/mol. The molecule has 0 bridgehead atoms. The third kappa shape index (κ3) is 5.45. The largest absolute Gasteiger partial charge is 0.485 e. The van der Waals surface area contributed by atoms with Crippen molar-refractivity contribution in [2.75, 3.05) is 26.5 Å². The summed E-state index contributed by atoms with van der Waals surface area (Å²) in [5.74, 6) is 0.567. The summed E-state index contributed by atoms with van der Waals surface area (Å²) in [5.41, 5.74) is 1.46. The standard InChI is InChI=1S/C26H27N3O8/c1-15(2)12-34-26(32)29-10-19(20(11-29)25(30)31)16-4-3-5-18(8-16)33-13-23-27-24(37-28-23)17-6-7-21-22(9-17)36-14-35-21/h3-9,15,19-20H,10-14H2,1-2H3,(H,30,31)/t19-,20?/m0/s1. The molecule has 1 N–H and O–H groups in total. The normalized spacial score (nSPS) is 18.3. The fourth-order valence-electron chi connectivity index (χ4n) is 4.31. The summed E-state index contributed by atoms with van der Waals surface area (Å²) < 4.78 is 27.2. The Bertz CT molecular complexity index is 1290. The summed E-state index contributed by atoms with van der Waals surface area (Å²) in [6.07, 6.45) is -0.495. The van der Waals surface area contributed by atoms with E-state index in [2.05, 4.69) is 10.1 Å². The molecule has 37 heavy (non-hydrogen) atoms. The molecule has 2 aliphatic rings. The van der Waals surface area contributed by atoms with Crippen LogP contribution in [0.1, 0.15) is 31.2 Å². The first-order valence-electron chi connectivity index (χ1n) is 12.0. The number of carbonyl (C=O) groups is 2. The summed E-state index contributed by atoms with van der Waals surface area (Å²) in [6.45, 7) is 4.74. The number of hydrogen-bond donors (Lipinski definition) is 1. The third-order valence-electron chi connectivity index (χ3n) is 6.18. The van der Waals surface area contributed by atoms with Gasteiger partial charge in [0.1, 0.15) is 5.75 Å². The molecule has 3 aromatic rings. The van der Waals surface area contributed by atoms with Gasteiger partial charge >= 0.3 is 12.1 Å². The number of hydrogen-bond acceptors (Lipinski definition) is 9. The Morgan fingerprint density at radius 2 is 1.97 bits per heavy atom. The van der Waals surface area contributed by atoms with Crippen LogP contribution >= 0.6 is 0 Å². The maximum Gasteiger partial charge on any atom is 0.409 e. The number of nitrogens with zero attached hydrogens (tertiary/aromatic N) is 3. The average molecular weight is 510 g/mol. The van der Waals surface area contributed by atoms with E-state index in [0.717, 1.165) is 5.56 Å². The molecule has 0 spiro atoms. The number of ether oxygens (including phenoxy) is 4. The monoisotopic (exact) mass is 509 g/mol. The Labute approximate surface area is 212 Å². The smallest absolute Gasteiger partial charge is 0.409 e. The predicted molar refractivity (Wildman–Crippen MR) is 128 cm³/mol. The highest BCUT2D eigenvalue weighted by Gasteiger charge is 2.41. The Hall–Kier alpha value is -4.28. The van der Waals surface area contributed by atoms with Gasteiger partial charge in [-0.25, -0.2) is 4.79 Å². The first-order valence-corrected chi connectivity index (χ1v) is 12.0. The van der Waals surface area contributed by atoms with Crippen molar-refractivity contribution in [2.45, 2.75) is 26.4 Å². The minimum Gasteiger partial charge on any atom is -0.485 e. The lowest BCUT2D eigenvalue weighted by Crippen LogP contribution is -2.31. The number of fused-ring (bicyclic) bond motifs is 1. The molecule has 0 aliphatic carbocycles. The van der Waals surface area contributed by atoms with Crippen molar-refractivity contribution < 1.29 is 38.2 Å². The van der Waals surface area contributed by atoms with Crippen molar-refractivity contribution in [1.82, 2.24) is 15.0 Å². The molecule has 1 unspecified atom stereocenters. The quantitative estimate of drug-likeness (QED) is 0.476. The van der Waals surface area contributed by atoms with Crippen LogP contribution in [0.3, 0.4) is 0 Å². The van der Waals surface area contributed by atoms with Gasteiger partial charge in [0.25, 0.3) is 5.89 Å². The second-order valence-electron chi connectivity index (χ2n) is 9.37.